The van der Waals surface area contributed by atoms with Gasteiger partial charge in [-0.2, -0.15) is 11.8 Å². The van der Waals surface area contributed by atoms with Crippen molar-refractivity contribution in [1.82, 2.24) is 5.32 Å². The number of benzene rings is 1. The lowest BCUT2D eigenvalue weighted by atomic mass is 9.61. The first-order chi connectivity index (χ1) is 19.1. The molecule has 3 unspecified atom stereocenters. The van der Waals surface area contributed by atoms with Gasteiger partial charge in [-0.15, -0.1) is 0 Å². The number of carbonyl (C=O) groups is 1. The molecule has 0 aromatic heterocycles. The van der Waals surface area contributed by atoms with Crippen molar-refractivity contribution >= 4 is 38.6 Å². The van der Waals surface area contributed by atoms with Gasteiger partial charge in [-0.05, 0) is 114 Å². The second kappa shape index (κ2) is 14.5. The summed E-state index contributed by atoms with van der Waals surface area (Å²) in [6, 6.07) is 6.28. The zero-order valence-corrected chi connectivity index (χ0v) is 31.4. The molecule has 0 saturated carbocycles. The Morgan fingerprint density at radius 2 is 1.49 bits per heavy atom. The van der Waals surface area contributed by atoms with Crippen LogP contribution in [0.25, 0.3) is 0 Å². The van der Waals surface area contributed by atoms with E-state index in [1.165, 1.54) is 5.56 Å². The number of hydrogen-bond acceptors (Lipinski definition) is 5. The first-order valence-electron chi connectivity index (χ1n) is 15.7. The molecule has 0 heterocycles. The van der Waals surface area contributed by atoms with Gasteiger partial charge in [0.25, 0.3) is 0 Å². The Kier molecular flexibility index (Phi) is 13.5. The summed E-state index contributed by atoms with van der Waals surface area (Å²) in [5.74, 6) is 0. The summed E-state index contributed by atoms with van der Waals surface area (Å²) in [6.07, 6.45) is 2.91. The van der Waals surface area contributed by atoms with Crippen LogP contribution in [0.3, 0.4) is 0 Å². The summed E-state index contributed by atoms with van der Waals surface area (Å²) < 4.78 is 18.4. The number of hydrogen-bond donors (Lipinski definition) is 1. The van der Waals surface area contributed by atoms with Crippen LogP contribution < -0.4 is 10.8 Å². The molecule has 3 atom stereocenters. The molecule has 0 bridgehead atoms. The zero-order chi connectivity index (χ0) is 33.8. The Balaban J connectivity index is 3.56. The molecule has 0 aliphatic heterocycles. The molecular formula is C35H62B2NO4S. The molecular weight excluding hydrogens is 552 g/mol. The minimum atomic E-state index is -0.605. The van der Waals surface area contributed by atoms with Gasteiger partial charge in [-0.3, -0.25) is 0 Å². The Hall–Kier alpha value is -1.11. The molecule has 0 aliphatic rings. The van der Waals surface area contributed by atoms with Gasteiger partial charge in [0.05, 0.1) is 25.6 Å². The van der Waals surface area contributed by atoms with Crippen molar-refractivity contribution in [3.63, 3.8) is 0 Å². The third kappa shape index (κ3) is 12.3. The first kappa shape index (κ1) is 39.9. The van der Waals surface area contributed by atoms with E-state index in [0.717, 1.165) is 17.4 Å². The van der Waals surface area contributed by atoms with Crippen LogP contribution >= 0.6 is 11.8 Å². The fourth-order valence-electron chi connectivity index (χ4n) is 4.67. The number of rotatable bonds is 14. The van der Waals surface area contributed by atoms with Crippen LogP contribution in [0.1, 0.15) is 122 Å². The summed E-state index contributed by atoms with van der Waals surface area (Å²) in [4.78, 5) is 12.9. The second-order valence-electron chi connectivity index (χ2n) is 16.6. The highest BCUT2D eigenvalue weighted by atomic mass is 32.2. The SMILES string of the molecule is [B]C(C)(C)C(C)(C)O[B]c1cc(CC(C)(C)C(C)(C)C(C)SC)ccc1CC(NC(=O)OC(C)(C)C)C(C)OC(C)(C)C. The highest BCUT2D eigenvalue weighted by Crippen LogP contribution is 2.47. The van der Waals surface area contributed by atoms with Crippen LogP contribution in [0.15, 0.2) is 18.2 Å². The van der Waals surface area contributed by atoms with Crippen molar-refractivity contribution < 1.29 is 18.9 Å². The Morgan fingerprint density at radius 3 is 1.95 bits per heavy atom. The van der Waals surface area contributed by atoms with E-state index in [4.69, 9.17) is 22.0 Å². The molecule has 0 fully saturated rings. The van der Waals surface area contributed by atoms with Crippen molar-refractivity contribution in [2.24, 2.45) is 10.8 Å². The largest absolute Gasteiger partial charge is 0.444 e. The van der Waals surface area contributed by atoms with Crippen LogP contribution in [-0.2, 0) is 27.0 Å². The van der Waals surface area contributed by atoms with Crippen molar-refractivity contribution in [2.45, 2.75) is 163 Å². The summed E-state index contributed by atoms with van der Waals surface area (Å²) >= 11 is 1.91. The van der Waals surface area contributed by atoms with Gasteiger partial charge in [-0.25, -0.2) is 4.79 Å². The van der Waals surface area contributed by atoms with E-state index in [9.17, 15) is 4.79 Å². The lowest BCUT2D eigenvalue weighted by Gasteiger charge is -2.46. The van der Waals surface area contributed by atoms with Gasteiger partial charge >= 0.3 is 13.6 Å². The standard InChI is InChI=1S/C35H62B2NO4S/c1-23(40-30(3,4)5)28(38-29(39)41-31(6,7)8)21-26-19-18-25(22-32(9,10)33(11,12)24(2)43-17)20-27(26)37-42-35(15,16)34(13,14)36/h18-20,23-24,28H,21-22H2,1-17H3,(H,38,39). The quantitative estimate of drug-likeness (QED) is 0.215. The second-order valence-corrected chi connectivity index (χ2v) is 17.7. The van der Waals surface area contributed by atoms with E-state index in [-0.39, 0.29) is 28.6 Å². The maximum atomic E-state index is 12.9. The number of amides is 1. The summed E-state index contributed by atoms with van der Waals surface area (Å²) in [6.45, 7) is 33.4. The Morgan fingerprint density at radius 1 is 0.930 bits per heavy atom. The van der Waals surface area contributed by atoms with Gasteiger partial charge in [0, 0.05) is 10.9 Å². The molecule has 1 rings (SSSR count). The van der Waals surface area contributed by atoms with Gasteiger partial charge in [0.2, 0.25) is 0 Å². The number of alkyl carbamates (subject to hydrolysis) is 1. The van der Waals surface area contributed by atoms with Crippen LogP contribution in [0.2, 0.25) is 5.31 Å². The van der Waals surface area contributed by atoms with Gasteiger partial charge < -0.3 is 19.4 Å². The van der Waals surface area contributed by atoms with Crippen molar-refractivity contribution in [2.75, 3.05) is 6.26 Å². The van der Waals surface area contributed by atoms with Crippen molar-refractivity contribution in [1.29, 1.82) is 0 Å². The van der Waals surface area contributed by atoms with Crippen LogP contribution in [0.4, 0.5) is 4.79 Å². The van der Waals surface area contributed by atoms with Crippen LogP contribution in [0.5, 0.6) is 0 Å². The Bertz CT molecular complexity index is 1050. The number of thioether (sulfide) groups is 1. The summed E-state index contributed by atoms with van der Waals surface area (Å²) in [5.41, 5.74) is 1.83. The lowest BCUT2D eigenvalue weighted by molar-refractivity contribution is -0.0669. The van der Waals surface area contributed by atoms with Crippen LogP contribution in [0, 0.1) is 10.8 Å². The average molecular weight is 615 g/mol. The lowest BCUT2D eigenvalue weighted by Crippen LogP contribution is -2.49. The van der Waals surface area contributed by atoms with Crippen LogP contribution in [-0.4, -0.2) is 61.9 Å². The normalized spacial score (nSPS) is 15.9. The van der Waals surface area contributed by atoms with Crippen molar-refractivity contribution in [3.05, 3.63) is 29.3 Å². The van der Waals surface area contributed by atoms with Gasteiger partial charge in [0.15, 0.2) is 0 Å². The topological polar surface area (TPSA) is 56.8 Å². The molecule has 5 nitrogen and oxygen atoms in total. The third-order valence-corrected chi connectivity index (χ3v) is 10.5. The first-order valence-corrected chi connectivity index (χ1v) is 17.0. The van der Waals surface area contributed by atoms with Gasteiger partial charge in [0.1, 0.15) is 5.60 Å². The zero-order valence-electron chi connectivity index (χ0n) is 30.6. The van der Waals surface area contributed by atoms with Crippen molar-refractivity contribution in [3.8, 4) is 0 Å². The molecule has 8 heteroatoms. The predicted octanol–water partition coefficient (Wildman–Crippen LogP) is 8.08. The maximum absolute atomic E-state index is 12.9. The summed E-state index contributed by atoms with van der Waals surface area (Å²) in [5, 5.41) is 3.05. The number of ether oxygens (including phenoxy) is 2. The summed E-state index contributed by atoms with van der Waals surface area (Å²) in [7, 11) is 8.32. The molecule has 1 aromatic carbocycles. The van der Waals surface area contributed by atoms with E-state index >= 15 is 0 Å². The molecule has 1 aromatic rings. The van der Waals surface area contributed by atoms with E-state index in [0.29, 0.717) is 11.7 Å². The number of nitrogens with one attached hydrogen (secondary N) is 1. The minimum absolute atomic E-state index is 0.0451. The highest BCUT2D eigenvalue weighted by molar-refractivity contribution is 7.99. The van der Waals surface area contributed by atoms with E-state index in [2.05, 4.69) is 64.4 Å². The minimum Gasteiger partial charge on any atom is -0.444 e. The molecule has 1 N–H and O–H groups in total. The maximum Gasteiger partial charge on any atom is 0.407 e. The smallest absolute Gasteiger partial charge is 0.407 e. The van der Waals surface area contributed by atoms with E-state index in [1.54, 1.807) is 0 Å². The van der Waals surface area contributed by atoms with E-state index < -0.39 is 22.6 Å². The highest BCUT2D eigenvalue weighted by Gasteiger charge is 2.41. The molecule has 43 heavy (non-hydrogen) atoms. The molecule has 0 spiro atoms. The fourth-order valence-corrected chi connectivity index (χ4v) is 5.57. The molecule has 243 valence electrons. The Labute approximate surface area is 271 Å². The molecule has 3 radical (unpaired) electrons. The van der Waals surface area contributed by atoms with Gasteiger partial charge in [-0.1, -0.05) is 66.7 Å². The number of carbonyl (C=O) groups excluding carboxylic acids is 1. The predicted molar refractivity (Wildman–Crippen MR) is 188 cm³/mol. The monoisotopic (exact) mass is 614 g/mol. The van der Waals surface area contributed by atoms with E-state index in [1.807, 2.05) is 95.4 Å². The fraction of sp³-hybridized carbons (Fsp3) is 0.800. The molecule has 0 aliphatic carbocycles. The molecule has 0 saturated heterocycles. The molecule has 1 amide bonds. The third-order valence-electron chi connectivity index (χ3n) is 9.25. The average Bonchev–Trinajstić information content (AvgIpc) is 2.79.